The van der Waals surface area contributed by atoms with Crippen LogP contribution in [0.4, 0.5) is 4.79 Å². The van der Waals surface area contributed by atoms with Crippen LogP contribution in [0.3, 0.4) is 0 Å². The Labute approximate surface area is 197 Å². The Morgan fingerprint density at radius 1 is 1.03 bits per heavy atom. The van der Waals surface area contributed by atoms with Gasteiger partial charge in [0, 0.05) is 31.6 Å². The molecule has 1 fully saturated rings. The third-order valence-corrected chi connectivity index (χ3v) is 6.82. The zero-order valence-electron chi connectivity index (χ0n) is 19.4. The molecular formula is C23H28N6O3S. The molecule has 174 valence electrons. The second-order valence-corrected chi connectivity index (χ2v) is 9.00. The minimum Gasteiger partial charge on any atom is -0.450 e. The molecule has 0 spiro atoms. The predicted molar refractivity (Wildman–Crippen MR) is 127 cm³/mol. The Hall–Kier alpha value is -3.14. The molecule has 33 heavy (non-hydrogen) atoms. The Bertz CT molecular complexity index is 1190. The minimum atomic E-state index is -0.323. The monoisotopic (exact) mass is 468 g/mol. The second kappa shape index (κ2) is 9.78. The molecule has 0 radical (unpaired) electrons. The molecule has 0 bridgehead atoms. The van der Waals surface area contributed by atoms with E-state index in [1.165, 1.54) is 22.9 Å². The number of carbonyl (C=O) groups excluding carboxylic acids is 2. The van der Waals surface area contributed by atoms with E-state index in [9.17, 15) is 9.59 Å². The van der Waals surface area contributed by atoms with Crippen LogP contribution in [0, 0.1) is 20.8 Å². The number of carbonyl (C=O) groups is 2. The van der Waals surface area contributed by atoms with Gasteiger partial charge >= 0.3 is 6.09 Å². The molecule has 0 atom stereocenters. The second-order valence-electron chi connectivity index (χ2n) is 8.03. The number of thioether (sulfide) groups is 1. The third kappa shape index (κ3) is 4.80. The van der Waals surface area contributed by atoms with Crippen LogP contribution < -0.4 is 0 Å². The van der Waals surface area contributed by atoms with E-state index in [-0.39, 0.29) is 17.8 Å². The highest BCUT2D eigenvalue weighted by molar-refractivity contribution is 8.00. The topological polar surface area (TPSA) is 93.4 Å². The number of hydrogen-bond acceptors (Lipinski definition) is 7. The number of amides is 2. The Morgan fingerprint density at radius 3 is 2.45 bits per heavy atom. The minimum absolute atomic E-state index is 0.0104. The Kier molecular flexibility index (Phi) is 6.83. The molecule has 4 rings (SSSR count). The van der Waals surface area contributed by atoms with Gasteiger partial charge in [0.05, 0.1) is 29.9 Å². The fraction of sp³-hybridized carbons (Fsp3) is 0.435. The molecule has 10 heteroatoms. The summed E-state index contributed by atoms with van der Waals surface area (Å²) in [6.45, 7) is 10.1. The van der Waals surface area contributed by atoms with Crippen molar-refractivity contribution in [2.45, 2.75) is 32.7 Å². The number of piperazine rings is 1. The van der Waals surface area contributed by atoms with Crippen LogP contribution in [0.15, 0.2) is 29.4 Å². The first-order valence-corrected chi connectivity index (χ1v) is 12.0. The summed E-state index contributed by atoms with van der Waals surface area (Å²) >= 11 is 1.37. The van der Waals surface area contributed by atoms with Gasteiger partial charge in [-0.3, -0.25) is 4.79 Å². The molecule has 2 aromatic heterocycles. The molecule has 1 aromatic carbocycles. The van der Waals surface area contributed by atoms with E-state index in [2.05, 4.69) is 41.3 Å². The molecule has 1 aliphatic heterocycles. The van der Waals surface area contributed by atoms with Crippen molar-refractivity contribution < 1.29 is 14.3 Å². The zero-order chi connectivity index (χ0) is 23.5. The van der Waals surface area contributed by atoms with Gasteiger partial charge in [0.25, 0.3) is 0 Å². The quantitative estimate of drug-likeness (QED) is 0.531. The van der Waals surface area contributed by atoms with Crippen molar-refractivity contribution in [3.05, 3.63) is 41.2 Å². The van der Waals surface area contributed by atoms with E-state index >= 15 is 0 Å². The van der Waals surface area contributed by atoms with E-state index in [0.717, 1.165) is 22.3 Å². The molecule has 0 N–H and O–H groups in total. The number of aryl methyl sites for hydroxylation is 3. The fourth-order valence-electron chi connectivity index (χ4n) is 3.77. The average Bonchev–Trinajstić information content (AvgIpc) is 3.27. The summed E-state index contributed by atoms with van der Waals surface area (Å²) in [5.41, 5.74) is 5.00. The van der Waals surface area contributed by atoms with Gasteiger partial charge in [-0.1, -0.05) is 17.8 Å². The lowest BCUT2D eigenvalue weighted by molar-refractivity contribution is -0.129. The summed E-state index contributed by atoms with van der Waals surface area (Å²) in [5, 5.41) is 14.8. The van der Waals surface area contributed by atoms with Crippen molar-refractivity contribution in [1.82, 2.24) is 29.8 Å². The first-order chi connectivity index (χ1) is 15.9. The first-order valence-electron chi connectivity index (χ1n) is 11.0. The molecule has 3 aromatic rings. The van der Waals surface area contributed by atoms with Crippen LogP contribution in [-0.2, 0) is 9.53 Å². The first kappa shape index (κ1) is 23.0. The van der Waals surface area contributed by atoms with Crippen LogP contribution in [0.1, 0.15) is 23.7 Å². The predicted octanol–water partition coefficient (Wildman–Crippen LogP) is 3.13. The van der Waals surface area contributed by atoms with Gasteiger partial charge in [-0.05, 0) is 51.0 Å². The number of benzene rings is 1. The van der Waals surface area contributed by atoms with Crippen molar-refractivity contribution in [2.75, 3.05) is 38.5 Å². The molecule has 0 aliphatic carbocycles. The summed E-state index contributed by atoms with van der Waals surface area (Å²) in [6.07, 6.45) is 1.48. The summed E-state index contributed by atoms with van der Waals surface area (Å²) in [5.74, 6) is 0.251. The molecular weight excluding hydrogens is 440 g/mol. The fourth-order valence-corrected chi connectivity index (χ4v) is 4.64. The summed E-state index contributed by atoms with van der Waals surface area (Å²) < 4.78 is 6.91. The maximum absolute atomic E-state index is 12.9. The van der Waals surface area contributed by atoms with E-state index in [0.29, 0.717) is 37.8 Å². The lowest BCUT2D eigenvalue weighted by Gasteiger charge is -2.34. The maximum atomic E-state index is 12.9. The highest BCUT2D eigenvalue weighted by Gasteiger charge is 2.25. The lowest BCUT2D eigenvalue weighted by Crippen LogP contribution is -2.51. The number of fused-ring (bicyclic) bond motifs is 1. The molecule has 3 heterocycles. The van der Waals surface area contributed by atoms with Crippen LogP contribution in [-0.4, -0.2) is 80.3 Å². The van der Waals surface area contributed by atoms with Crippen LogP contribution in [0.25, 0.3) is 16.6 Å². The highest BCUT2D eigenvalue weighted by Crippen LogP contribution is 2.29. The number of hydrogen-bond donors (Lipinski definition) is 0. The number of ether oxygens (including phenoxy) is 1. The molecule has 1 saturated heterocycles. The van der Waals surface area contributed by atoms with Crippen molar-refractivity contribution in [1.29, 1.82) is 0 Å². The van der Waals surface area contributed by atoms with Crippen molar-refractivity contribution in [2.24, 2.45) is 0 Å². The lowest BCUT2D eigenvalue weighted by atomic mass is 10.1. The van der Waals surface area contributed by atoms with Crippen molar-refractivity contribution in [3.63, 3.8) is 0 Å². The van der Waals surface area contributed by atoms with E-state index < -0.39 is 0 Å². The van der Waals surface area contributed by atoms with Gasteiger partial charge in [-0.15, -0.1) is 5.10 Å². The molecule has 2 amide bonds. The zero-order valence-corrected chi connectivity index (χ0v) is 20.2. The Balaban J connectivity index is 1.50. The molecule has 0 unspecified atom stereocenters. The summed E-state index contributed by atoms with van der Waals surface area (Å²) in [7, 11) is 0. The molecule has 0 saturated carbocycles. The molecule has 1 aliphatic rings. The third-order valence-electron chi connectivity index (χ3n) is 5.88. The van der Waals surface area contributed by atoms with Gasteiger partial charge in [-0.2, -0.15) is 10.2 Å². The van der Waals surface area contributed by atoms with Crippen LogP contribution >= 0.6 is 11.8 Å². The number of rotatable bonds is 5. The standard InChI is InChI=1S/C23H28N6O3S/c1-5-32-23(31)28-10-8-27(9-11-28)20(30)14-33-22-21-19(17(4)25-26-22)13-24-29(21)18-7-6-15(2)16(3)12-18/h6-7,12-13H,5,8-11,14H2,1-4H3. The number of nitrogens with zero attached hydrogens (tertiary/aromatic N) is 6. The van der Waals surface area contributed by atoms with E-state index in [4.69, 9.17) is 4.74 Å². The Morgan fingerprint density at radius 2 is 1.76 bits per heavy atom. The van der Waals surface area contributed by atoms with Crippen LogP contribution in [0.2, 0.25) is 0 Å². The number of aromatic nitrogens is 4. The largest absolute Gasteiger partial charge is 0.450 e. The molecule has 9 nitrogen and oxygen atoms in total. The van der Waals surface area contributed by atoms with E-state index in [1.807, 2.05) is 17.7 Å². The van der Waals surface area contributed by atoms with Gasteiger partial charge < -0.3 is 14.5 Å². The van der Waals surface area contributed by atoms with Crippen molar-refractivity contribution >= 4 is 34.7 Å². The van der Waals surface area contributed by atoms with E-state index in [1.54, 1.807) is 22.9 Å². The van der Waals surface area contributed by atoms with Crippen molar-refractivity contribution in [3.8, 4) is 5.69 Å². The van der Waals surface area contributed by atoms with Gasteiger partial charge in [-0.25, -0.2) is 9.48 Å². The van der Waals surface area contributed by atoms with Gasteiger partial charge in [0.15, 0.2) is 0 Å². The highest BCUT2D eigenvalue weighted by atomic mass is 32.2. The average molecular weight is 469 g/mol. The van der Waals surface area contributed by atoms with Gasteiger partial charge in [0.1, 0.15) is 10.5 Å². The maximum Gasteiger partial charge on any atom is 0.409 e. The summed E-state index contributed by atoms with van der Waals surface area (Å²) in [4.78, 5) is 28.1. The van der Waals surface area contributed by atoms with Crippen LogP contribution in [0.5, 0.6) is 0 Å². The smallest absolute Gasteiger partial charge is 0.409 e. The SMILES string of the molecule is CCOC(=O)N1CCN(C(=O)CSc2nnc(C)c3cnn(-c4ccc(C)c(C)c4)c23)CC1. The van der Waals surface area contributed by atoms with Gasteiger partial charge in [0.2, 0.25) is 5.91 Å². The summed E-state index contributed by atoms with van der Waals surface area (Å²) in [6, 6.07) is 6.21. The normalized spacial score (nSPS) is 14.1.